The number of rotatable bonds is 4. The minimum absolute atomic E-state index is 0.215. The van der Waals surface area contributed by atoms with Gasteiger partial charge in [-0.05, 0) is 38.5 Å². The van der Waals surface area contributed by atoms with E-state index in [2.05, 4.69) is 4.90 Å². The van der Waals surface area contributed by atoms with Crippen molar-refractivity contribution in [3.8, 4) is 0 Å². The zero-order chi connectivity index (χ0) is 15.4. The summed E-state index contributed by atoms with van der Waals surface area (Å²) >= 11 is 0. The van der Waals surface area contributed by atoms with Crippen LogP contribution >= 0.6 is 0 Å². The Morgan fingerprint density at radius 1 is 1.20 bits per heavy atom. The molecule has 2 rings (SSSR count). The summed E-state index contributed by atoms with van der Waals surface area (Å²) in [6, 6.07) is 0. The van der Waals surface area contributed by atoms with Crippen LogP contribution in [-0.2, 0) is 9.84 Å². The van der Waals surface area contributed by atoms with E-state index in [1.165, 1.54) is 0 Å². The summed E-state index contributed by atoms with van der Waals surface area (Å²) in [5.41, 5.74) is -0.215. The van der Waals surface area contributed by atoms with Gasteiger partial charge in [-0.15, -0.1) is 0 Å². The zero-order valence-corrected chi connectivity index (χ0v) is 14.3. The number of aliphatic hydroxyl groups excluding tert-OH is 1. The molecule has 4 nitrogen and oxygen atoms in total. The number of likely N-dealkylation sites (tertiary alicyclic amines) is 1. The first-order valence-electron chi connectivity index (χ1n) is 7.58. The molecule has 2 fully saturated rings. The molecule has 5 heteroatoms. The van der Waals surface area contributed by atoms with Crippen LogP contribution in [0.25, 0.3) is 0 Å². The molecule has 0 bridgehead atoms. The molecule has 0 radical (unpaired) electrons. The van der Waals surface area contributed by atoms with Crippen LogP contribution in [0.15, 0.2) is 0 Å². The molecule has 1 saturated heterocycles. The smallest absolute Gasteiger partial charge is 0.162 e. The summed E-state index contributed by atoms with van der Waals surface area (Å²) in [6.45, 7) is 11.7. The Hall–Kier alpha value is -0.130. The average Bonchev–Trinajstić information content (AvgIpc) is 2.99. The molecule has 0 amide bonds. The van der Waals surface area contributed by atoms with Crippen molar-refractivity contribution in [1.29, 1.82) is 0 Å². The summed E-state index contributed by atoms with van der Waals surface area (Å²) in [4.78, 5) is 2.08. The predicted octanol–water partition coefficient (Wildman–Crippen LogP) is 1.83. The lowest BCUT2D eigenvalue weighted by molar-refractivity contribution is 0.173. The lowest BCUT2D eigenvalue weighted by Crippen LogP contribution is -2.52. The van der Waals surface area contributed by atoms with Crippen molar-refractivity contribution in [3.05, 3.63) is 0 Å². The van der Waals surface area contributed by atoms with E-state index in [0.29, 0.717) is 13.1 Å². The zero-order valence-electron chi connectivity index (χ0n) is 13.4. The summed E-state index contributed by atoms with van der Waals surface area (Å²) < 4.78 is 25.0. The topological polar surface area (TPSA) is 57.6 Å². The van der Waals surface area contributed by atoms with E-state index in [4.69, 9.17) is 0 Å². The first-order valence-corrected chi connectivity index (χ1v) is 9.06. The summed E-state index contributed by atoms with van der Waals surface area (Å²) in [6.07, 6.45) is 2.02. The van der Waals surface area contributed by atoms with Crippen LogP contribution in [-0.4, -0.2) is 53.7 Å². The van der Waals surface area contributed by atoms with Crippen molar-refractivity contribution in [2.45, 2.75) is 69.5 Å². The van der Waals surface area contributed by atoms with E-state index in [1.54, 1.807) is 0 Å². The van der Waals surface area contributed by atoms with Gasteiger partial charge in [0.05, 0.1) is 15.6 Å². The van der Waals surface area contributed by atoms with Crippen LogP contribution in [0.4, 0.5) is 0 Å². The second-order valence-corrected chi connectivity index (χ2v) is 11.1. The third-order valence-electron chi connectivity index (χ3n) is 5.16. The van der Waals surface area contributed by atoms with Crippen molar-refractivity contribution in [2.24, 2.45) is 5.41 Å². The lowest BCUT2D eigenvalue weighted by atomic mass is 9.89. The maximum absolute atomic E-state index is 13.2. The predicted molar refractivity (Wildman–Crippen MR) is 81.5 cm³/mol. The van der Waals surface area contributed by atoms with Crippen LogP contribution in [0.2, 0.25) is 0 Å². The monoisotopic (exact) mass is 303 g/mol. The third-order valence-corrected chi connectivity index (χ3v) is 8.80. The van der Waals surface area contributed by atoms with Gasteiger partial charge in [0.2, 0.25) is 0 Å². The number of hydrogen-bond donors (Lipinski definition) is 1. The second kappa shape index (κ2) is 4.68. The van der Waals surface area contributed by atoms with Crippen LogP contribution in [0.5, 0.6) is 0 Å². The van der Waals surface area contributed by atoms with Gasteiger partial charge < -0.3 is 5.11 Å². The highest BCUT2D eigenvalue weighted by atomic mass is 32.2. The minimum Gasteiger partial charge on any atom is -0.392 e. The molecule has 0 spiro atoms. The van der Waals surface area contributed by atoms with E-state index < -0.39 is 19.3 Å². The highest BCUT2D eigenvalue weighted by molar-refractivity contribution is 7.94. The normalized spacial score (nSPS) is 27.8. The molecule has 0 aromatic heterocycles. The second-order valence-electron chi connectivity index (χ2n) is 8.19. The summed E-state index contributed by atoms with van der Waals surface area (Å²) in [5, 5.41) is 9.61. The third kappa shape index (κ3) is 2.42. The van der Waals surface area contributed by atoms with E-state index >= 15 is 0 Å². The van der Waals surface area contributed by atoms with Gasteiger partial charge in [0.15, 0.2) is 9.84 Å². The molecule has 0 aromatic rings. The van der Waals surface area contributed by atoms with E-state index in [1.807, 2.05) is 34.6 Å². The fourth-order valence-corrected chi connectivity index (χ4v) is 6.50. The Morgan fingerprint density at radius 3 is 2.10 bits per heavy atom. The van der Waals surface area contributed by atoms with Gasteiger partial charge in [0.25, 0.3) is 0 Å². The lowest BCUT2D eigenvalue weighted by Gasteiger charge is -2.39. The molecule has 20 heavy (non-hydrogen) atoms. The molecular formula is C15H29NO3S. The molecule has 1 aliphatic heterocycles. The first kappa shape index (κ1) is 16.2. The van der Waals surface area contributed by atoms with Gasteiger partial charge in [-0.25, -0.2) is 8.42 Å². The van der Waals surface area contributed by atoms with Crippen molar-refractivity contribution < 1.29 is 13.5 Å². The standard InChI is InChI=1S/C15H29NO3S/c1-13(2,3)15(7-8-15)20(18,19)14(4,5)11-16-9-6-12(17)10-16/h12,17H,6-11H2,1-5H3. The van der Waals surface area contributed by atoms with Gasteiger partial charge in [-0.3, -0.25) is 4.90 Å². The van der Waals surface area contributed by atoms with E-state index in [9.17, 15) is 13.5 Å². The summed E-state index contributed by atoms with van der Waals surface area (Å²) in [5.74, 6) is 0. The molecule has 1 atom stereocenters. The number of hydrogen-bond acceptors (Lipinski definition) is 4. The molecule has 1 aliphatic carbocycles. The van der Waals surface area contributed by atoms with Gasteiger partial charge in [-0.2, -0.15) is 0 Å². The molecule has 2 aliphatic rings. The largest absolute Gasteiger partial charge is 0.392 e. The Kier molecular flexibility index (Phi) is 3.80. The first-order chi connectivity index (χ1) is 8.93. The fourth-order valence-electron chi connectivity index (χ4n) is 3.64. The number of nitrogens with zero attached hydrogens (tertiary/aromatic N) is 1. The van der Waals surface area contributed by atoms with Crippen LogP contribution in [0.3, 0.4) is 0 Å². The van der Waals surface area contributed by atoms with Crippen molar-refractivity contribution in [3.63, 3.8) is 0 Å². The number of sulfone groups is 1. The Morgan fingerprint density at radius 2 is 1.75 bits per heavy atom. The van der Waals surface area contributed by atoms with Crippen molar-refractivity contribution in [1.82, 2.24) is 4.90 Å². The van der Waals surface area contributed by atoms with Gasteiger partial charge >= 0.3 is 0 Å². The van der Waals surface area contributed by atoms with E-state index in [-0.39, 0.29) is 11.5 Å². The molecule has 1 N–H and O–H groups in total. The number of β-amino-alcohol motifs (C(OH)–C–C–N with tert-alkyl or cyclic N) is 1. The van der Waals surface area contributed by atoms with Gasteiger partial charge in [-0.1, -0.05) is 20.8 Å². The molecule has 1 saturated carbocycles. The van der Waals surface area contributed by atoms with Crippen LogP contribution in [0.1, 0.15) is 53.9 Å². The SMILES string of the molecule is CC(C)(C)C1(S(=O)(=O)C(C)(C)CN2CCC(O)C2)CC1. The Bertz CT molecular complexity index is 472. The maximum atomic E-state index is 13.2. The summed E-state index contributed by atoms with van der Waals surface area (Å²) in [7, 11) is -3.21. The average molecular weight is 303 g/mol. The van der Waals surface area contributed by atoms with Crippen LogP contribution in [0, 0.1) is 5.41 Å². The highest BCUT2D eigenvalue weighted by Crippen LogP contribution is 2.58. The molecule has 1 unspecified atom stereocenters. The molecule has 1 heterocycles. The fraction of sp³-hybridized carbons (Fsp3) is 1.00. The molecular weight excluding hydrogens is 274 g/mol. The Balaban J connectivity index is 2.20. The van der Waals surface area contributed by atoms with Crippen molar-refractivity contribution >= 4 is 9.84 Å². The Labute approximate surface area is 123 Å². The highest BCUT2D eigenvalue weighted by Gasteiger charge is 2.65. The van der Waals surface area contributed by atoms with E-state index in [0.717, 1.165) is 25.8 Å². The number of aliphatic hydroxyl groups is 1. The molecule has 0 aromatic carbocycles. The minimum atomic E-state index is -3.21. The van der Waals surface area contributed by atoms with Crippen LogP contribution < -0.4 is 0 Å². The van der Waals surface area contributed by atoms with Crippen molar-refractivity contribution in [2.75, 3.05) is 19.6 Å². The molecule has 118 valence electrons. The maximum Gasteiger partial charge on any atom is 0.162 e. The van der Waals surface area contributed by atoms with Gasteiger partial charge in [0, 0.05) is 19.6 Å². The quantitative estimate of drug-likeness (QED) is 0.861. The van der Waals surface area contributed by atoms with Gasteiger partial charge in [0.1, 0.15) is 0 Å².